The molecule has 104 valence electrons. The molecule has 2 aliphatic heterocycles. The highest BCUT2D eigenvalue weighted by Gasteiger charge is 2.16. The van der Waals surface area contributed by atoms with Gasteiger partial charge in [-0.2, -0.15) is 0 Å². The van der Waals surface area contributed by atoms with Gasteiger partial charge in [0, 0.05) is 18.0 Å². The molecule has 0 bridgehead atoms. The number of Topliss-reactive ketones (excluding diaryl/α,β-unsaturated/α-hetero) is 1. The molecule has 3 heteroatoms. The number of hydrogen-bond donors (Lipinski definition) is 1. The summed E-state index contributed by atoms with van der Waals surface area (Å²) in [6, 6.07) is 9.38. The fraction of sp³-hybridized carbons (Fsp3) is 0.0556. The summed E-state index contributed by atoms with van der Waals surface area (Å²) < 4.78 is 0. The minimum atomic E-state index is 0.101. The summed E-state index contributed by atoms with van der Waals surface area (Å²) in [6.45, 7) is 0.322. The average Bonchev–Trinajstić information content (AvgIpc) is 2.57. The average molecular weight is 276 g/mol. The lowest BCUT2D eigenvalue weighted by molar-refractivity contribution is 0.0967. The highest BCUT2D eigenvalue weighted by molar-refractivity contribution is 5.97. The standard InChI is InChI=1S/C18H16N2O/c21-18(15-8-2-1-3-9-15)14-20-13-7-5-11-17(20)16-10-4-6-12-19-16/h1-13,19H,14H2. The number of benzene rings is 1. The van der Waals surface area contributed by atoms with E-state index in [-0.39, 0.29) is 5.78 Å². The lowest BCUT2D eigenvalue weighted by atomic mass is 10.1. The predicted molar refractivity (Wildman–Crippen MR) is 84.2 cm³/mol. The monoisotopic (exact) mass is 276 g/mol. The third-order valence-electron chi connectivity index (χ3n) is 3.34. The van der Waals surface area contributed by atoms with Crippen LogP contribution in [0.4, 0.5) is 0 Å². The molecule has 0 aliphatic carbocycles. The lowest BCUT2D eigenvalue weighted by Crippen LogP contribution is -2.27. The number of hydrogen-bond acceptors (Lipinski definition) is 3. The molecule has 0 aromatic heterocycles. The number of carbonyl (C=O) groups excluding carboxylic acids is 1. The number of dihydropyridines is 1. The van der Waals surface area contributed by atoms with E-state index in [2.05, 4.69) is 5.32 Å². The normalized spacial score (nSPS) is 19.7. The quantitative estimate of drug-likeness (QED) is 0.861. The number of allylic oxidation sites excluding steroid dienone is 6. The number of carbonyl (C=O) groups is 1. The molecule has 0 amide bonds. The minimum Gasteiger partial charge on any atom is -0.360 e. The molecule has 2 aliphatic rings. The number of nitrogens with zero attached hydrogens (tertiary/aromatic N) is 1. The molecule has 21 heavy (non-hydrogen) atoms. The Balaban J connectivity index is 1.82. The van der Waals surface area contributed by atoms with Crippen LogP contribution in [0.3, 0.4) is 0 Å². The van der Waals surface area contributed by atoms with E-state index in [1.807, 2.05) is 84.1 Å². The first-order valence-corrected chi connectivity index (χ1v) is 6.88. The highest BCUT2D eigenvalue weighted by atomic mass is 16.1. The molecule has 0 unspecified atom stereocenters. The Labute approximate surface area is 124 Å². The van der Waals surface area contributed by atoms with E-state index in [0.717, 1.165) is 17.0 Å². The van der Waals surface area contributed by atoms with Crippen molar-refractivity contribution in [3.63, 3.8) is 0 Å². The lowest BCUT2D eigenvalue weighted by Gasteiger charge is -2.25. The van der Waals surface area contributed by atoms with Crippen LogP contribution < -0.4 is 5.32 Å². The van der Waals surface area contributed by atoms with Crippen molar-refractivity contribution in [3.8, 4) is 0 Å². The Bertz CT molecular complexity index is 678. The molecule has 3 rings (SSSR count). The van der Waals surface area contributed by atoms with E-state index in [1.54, 1.807) is 0 Å². The van der Waals surface area contributed by atoms with Crippen LogP contribution >= 0.6 is 0 Å². The zero-order valence-electron chi connectivity index (χ0n) is 11.6. The van der Waals surface area contributed by atoms with Gasteiger partial charge in [-0.05, 0) is 24.3 Å². The molecule has 1 aromatic carbocycles. The summed E-state index contributed by atoms with van der Waals surface area (Å²) in [4.78, 5) is 14.3. The van der Waals surface area contributed by atoms with Gasteiger partial charge in [-0.25, -0.2) is 0 Å². The van der Waals surface area contributed by atoms with Crippen molar-refractivity contribution in [2.75, 3.05) is 6.54 Å². The highest BCUT2D eigenvalue weighted by Crippen LogP contribution is 2.18. The van der Waals surface area contributed by atoms with Gasteiger partial charge in [-0.15, -0.1) is 0 Å². The van der Waals surface area contributed by atoms with Crippen LogP contribution in [0.15, 0.2) is 90.6 Å². The molecule has 3 nitrogen and oxygen atoms in total. The van der Waals surface area contributed by atoms with Crippen LogP contribution in [0.5, 0.6) is 0 Å². The van der Waals surface area contributed by atoms with Gasteiger partial charge in [0.25, 0.3) is 0 Å². The van der Waals surface area contributed by atoms with Gasteiger partial charge in [-0.1, -0.05) is 42.5 Å². The second-order valence-corrected chi connectivity index (χ2v) is 4.78. The second-order valence-electron chi connectivity index (χ2n) is 4.78. The summed E-state index contributed by atoms with van der Waals surface area (Å²) in [5.74, 6) is 0.101. The van der Waals surface area contributed by atoms with E-state index in [4.69, 9.17) is 0 Å². The number of nitrogens with one attached hydrogen (secondary N) is 1. The molecule has 0 saturated carbocycles. The van der Waals surface area contributed by atoms with Gasteiger partial charge >= 0.3 is 0 Å². The summed E-state index contributed by atoms with van der Waals surface area (Å²) >= 11 is 0. The molecule has 0 saturated heterocycles. The van der Waals surface area contributed by atoms with E-state index in [0.29, 0.717) is 6.54 Å². The second kappa shape index (κ2) is 6.09. The summed E-state index contributed by atoms with van der Waals surface area (Å²) in [6.07, 6.45) is 15.6. The first kappa shape index (κ1) is 13.2. The third-order valence-corrected chi connectivity index (χ3v) is 3.34. The molecular weight excluding hydrogens is 260 g/mol. The Morgan fingerprint density at radius 3 is 2.57 bits per heavy atom. The first-order valence-electron chi connectivity index (χ1n) is 6.88. The van der Waals surface area contributed by atoms with Gasteiger partial charge in [0.15, 0.2) is 5.78 Å². The van der Waals surface area contributed by atoms with Gasteiger partial charge < -0.3 is 10.2 Å². The Morgan fingerprint density at radius 1 is 1.00 bits per heavy atom. The Hall–Kier alpha value is -2.81. The van der Waals surface area contributed by atoms with Crippen molar-refractivity contribution in [1.82, 2.24) is 10.2 Å². The van der Waals surface area contributed by atoms with E-state index >= 15 is 0 Å². The van der Waals surface area contributed by atoms with Gasteiger partial charge in [0.05, 0.1) is 17.9 Å². The molecule has 0 fully saturated rings. The summed E-state index contributed by atoms with van der Waals surface area (Å²) in [5.41, 5.74) is 2.71. The number of rotatable bonds is 3. The van der Waals surface area contributed by atoms with Crippen molar-refractivity contribution < 1.29 is 4.79 Å². The fourth-order valence-corrected chi connectivity index (χ4v) is 2.28. The fourth-order valence-electron chi connectivity index (χ4n) is 2.28. The summed E-state index contributed by atoms with van der Waals surface area (Å²) in [5, 5.41) is 3.21. The van der Waals surface area contributed by atoms with Crippen molar-refractivity contribution >= 4 is 5.78 Å². The smallest absolute Gasteiger partial charge is 0.182 e. The molecule has 0 spiro atoms. The molecule has 0 atom stereocenters. The largest absolute Gasteiger partial charge is 0.360 e. The van der Waals surface area contributed by atoms with Gasteiger partial charge in [0.1, 0.15) is 0 Å². The van der Waals surface area contributed by atoms with Gasteiger partial charge in [0.2, 0.25) is 0 Å². The third kappa shape index (κ3) is 3.03. The van der Waals surface area contributed by atoms with Crippen molar-refractivity contribution in [3.05, 3.63) is 96.1 Å². The van der Waals surface area contributed by atoms with Crippen molar-refractivity contribution in [2.24, 2.45) is 0 Å². The molecular formula is C18H16N2O. The van der Waals surface area contributed by atoms with E-state index in [9.17, 15) is 4.79 Å². The Kier molecular flexibility index (Phi) is 3.83. The first-order chi connectivity index (χ1) is 10.3. The predicted octanol–water partition coefficient (Wildman–Crippen LogP) is 3.14. The van der Waals surface area contributed by atoms with Gasteiger partial charge in [-0.3, -0.25) is 4.79 Å². The maximum absolute atomic E-state index is 12.4. The van der Waals surface area contributed by atoms with Crippen LogP contribution in [-0.2, 0) is 0 Å². The van der Waals surface area contributed by atoms with Crippen LogP contribution in [0.25, 0.3) is 0 Å². The molecule has 2 heterocycles. The SMILES string of the molecule is O=C(CN1C=CC=CC1=C1C=CC=CN1)c1ccccc1. The topological polar surface area (TPSA) is 32.3 Å². The zero-order chi connectivity index (χ0) is 14.5. The van der Waals surface area contributed by atoms with E-state index in [1.165, 1.54) is 0 Å². The number of ketones is 1. The zero-order valence-corrected chi connectivity index (χ0v) is 11.6. The minimum absolute atomic E-state index is 0.101. The molecule has 0 radical (unpaired) electrons. The summed E-state index contributed by atoms with van der Waals surface area (Å²) in [7, 11) is 0. The van der Waals surface area contributed by atoms with Crippen LogP contribution in [0.2, 0.25) is 0 Å². The van der Waals surface area contributed by atoms with Crippen LogP contribution in [-0.4, -0.2) is 17.2 Å². The maximum atomic E-state index is 12.4. The van der Waals surface area contributed by atoms with Crippen LogP contribution in [0, 0.1) is 0 Å². The van der Waals surface area contributed by atoms with Crippen molar-refractivity contribution in [2.45, 2.75) is 0 Å². The molecule has 1 aromatic rings. The molecule has 1 N–H and O–H groups in total. The van der Waals surface area contributed by atoms with Crippen molar-refractivity contribution in [1.29, 1.82) is 0 Å². The maximum Gasteiger partial charge on any atom is 0.182 e. The Morgan fingerprint density at radius 2 is 1.81 bits per heavy atom. The van der Waals surface area contributed by atoms with E-state index < -0.39 is 0 Å². The van der Waals surface area contributed by atoms with Crippen LogP contribution in [0.1, 0.15) is 10.4 Å².